The first kappa shape index (κ1) is 16.0. The molecule has 6 nitrogen and oxygen atoms in total. The van der Waals surface area contributed by atoms with Crippen molar-refractivity contribution in [1.82, 2.24) is 14.9 Å². The predicted molar refractivity (Wildman–Crippen MR) is 84.3 cm³/mol. The third kappa shape index (κ3) is 4.04. The molecule has 1 atom stereocenters. The lowest BCUT2D eigenvalue weighted by molar-refractivity contribution is 0.122. The molecular weight excluding hydrogens is 266 g/mol. The van der Waals surface area contributed by atoms with Crippen molar-refractivity contribution >= 4 is 5.82 Å². The second kappa shape index (κ2) is 7.56. The summed E-state index contributed by atoms with van der Waals surface area (Å²) in [6, 6.07) is 0.469. The van der Waals surface area contributed by atoms with Crippen molar-refractivity contribution in [2.45, 2.75) is 52.0 Å². The highest BCUT2D eigenvalue weighted by Crippen LogP contribution is 2.23. The number of nitrogens with one attached hydrogen (secondary N) is 1. The number of nitrogen functional groups attached to an aromatic ring is 1. The van der Waals surface area contributed by atoms with Crippen LogP contribution in [-0.4, -0.2) is 41.1 Å². The molecule has 1 aromatic heterocycles. The number of piperidine rings is 1. The Morgan fingerprint density at radius 3 is 2.86 bits per heavy atom. The fourth-order valence-electron chi connectivity index (χ4n) is 2.69. The molecule has 0 amide bonds. The van der Waals surface area contributed by atoms with Crippen molar-refractivity contribution in [3.63, 3.8) is 0 Å². The van der Waals surface area contributed by atoms with Crippen LogP contribution in [0.4, 0.5) is 5.82 Å². The monoisotopic (exact) mass is 293 g/mol. The van der Waals surface area contributed by atoms with Crippen LogP contribution in [0.2, 0.25) is 0 Å². The summed E-state index contributed by atoms with van der Waals surface area (Å²) >= 11 is 0. The molecular formula is C15H27N5O. The number of aromatic nitrogens is 2. The van der Waals surface area contributed by atoms with E-state index in [1.807, 2.05) is 6.92 Å². The average molecular weight is 293 g/mol. The zero-order valence-electron chi connectivity index (χ0n) is 13.4. The number of likely N-dealkylation sites (tertiary alicyclic amines) is 1. The zero-order chi connectivity index (χ0) is 15.2. The summed E-state index contributed by atoms with van der Waals surface area (Å²) in [4.78, 5) is 11.3. The molecule has 0 radical (unpaired) electrons. The van der Waals surface area contributed by atoms with Gasteiger partial charge in [0.05, 0.1) is 5.56 Å². The fraction of sp³-hybridized carbons (Fsp3) is 0.733. The largest absolute Gasteiger partial charge is 0.476 e. The number of nitrogens with two attached hydrogens (primary N) is 1. The van der Waals surface area contributed by atoms with Crippen LogP contribution in [0.25, 0.3) is 0 Å². The Bertz CT molecular complexity index is 466. The minimum Gasteiger partial charge on any atom is -0.476 e. The lowest BCUT2D eigenvalue weighted by Crippen LogP contribution is -2.40. The van der Waals surface area contributed by atoms with Crippen molar-refractivity contribution in [1.29, 1.82) is 0 Å². The highest BCUT2D eigenvalue weighted by Gasteiger charge is 2.20. The molecule has 2 rings (SSSR count). The second-order valence-corrected chi connectivity index (χ2v) is 5.75. The van der Waals surface area contributed by atoms with Gasteiger partial charge in [-0.1, -0.05) is 13.3 Å². The third-order valence-corrected chi connectivity index (χ3v) is 4.09. The first-order chi connectivity index (χ1) is 10.2. The van der Waals surface area contributed by atoms with E-state index in [1.165, 1.54) is 19.3 Å². The summed E-state index contributed by atoms with van der Waals surface area (Å²) in [7, 11) is 2.16. The van der Waals surface area contributed by atoms with Gasteiger partial charge in [0.25, 0.3) is 0 Å². The average Bonchev–Trinajstić information content (AvgIpc) is 2.49. The number of likely N-dealkylation sites (N-methyl/N-ethyl adjacent to an activating group) is 1. The Morgan fingerprint density at radius 1 is 1.38 bits per heavy atom. The molecule has 0 aromatic carbocycles. The van der Waals surface area contributed by atoms with Crippen LogP contribution in [0, 0.1) is 6.92 Å². The van der Waals surface area contributed by atoms with Crippen LogP contribution in [0.3, 0.4) is 0 Å². The first-order valence-corrected chi connectivity index (χ1v) is 7.82. The van der Waals surface area contributed by atoms with E-state index in [9.17, 15) is 0 Å². The van der Waals surface area contributed by atoms with Gasteiger partial charge in [0.1, 0.15) is 18.2 Å². The first-order valence-electron chi connectivity index (χ1n) is 7.82. The third-order valence-electron chi connectivity index (χ3n) is 4.09. The molecule has 1 aromatic rings. The van der Waals surface area contributed by atoms with Crippen LogP contribution in [0.1, 0.15) is 44.0 Å². The topological polar surface area (TPSA) is 76.3 Å². The SMILES string of the molecule is CCCc1nc(NN)c(C)c(OCC2CCCCN2C)n1. The van der Waals surface area contributed by atoms with E-state index >= 15 is 0 Å². The number of hydrogen-bond acceptors (Lipinski definition) is 6. The molecule has 0 bridgehead atoms. The second-order valence-electron chi connectivity index (χ2n) is 5.75. The number of rotatable bonds is 6. The van der Waals surface area contributed by atoms with E-state index in [2.05, 4.69) is 34.3 Å². The van der Waals surface area contributed by atoms with E-state index in [-0.39, 0.29) is 0 Å². The molecule has 1 saturated heterocycles. The molecule has 21 heavy (non-hydrogen) atoms. The Labute approximate surface area is 127 Å². The van der Waals surface area contributed by atoms with E-state index < -0.39 is 0 Å². The maximum Gasteiger partial charge on any atom is 0.221 e. The lowest BCUT2D eigenvalue weighted by Gasteiger charge is -2.32. The number of nitrogens with zero attached hydrogens (tertiary/aromatic N) is 3. The van der Waals surface area contributed by atoms with Gasteiger partial charge in [0, 0.05) is 12.5 Å². The number of aryl methyl sites for hydroxylation is 1. The number of hydrogen-bond donors (Lipinski definition) is 2. The Balaban J connectivity index is 2.08. The summed E-state index contributed by atoms with van der Waals surface area (Å²) < 4.78 is 5.99. The summed E-state index contributed by atoms with van der Waals surface area (Å²) in [5.74, 6) is 7.63. The molecule has 1 unspecified atom stereocenters. The van der Waals surface area contributed by atoms with Crippen molar-refractivity contribution in [3.05, 3.63) is 11.4 Å². The molecule has 2 heterocycles. The lowest BCUT2D eigenvalue weighted by atomic mass is 10.0. The maximum atomic E-state index is 5.99. The molecule has 1 aliphatic heterocycles. The minimum atomic E-state index is 0.469. The Morgan fingerprint density at radius 2 is 2.19 bits per heavy atom. The van der Waals surface area contributed by atoms with Crippen molar-refractivity contribution in [3.8, 4) is 5.88 Å². The van der Waals surface area contributed by atoms with Gasteiger partial charge in [-0.25, -0.2) is 10.8 Å². The van der Waals surface area contributed by atoms with E-state index in [0.717, 1.165) is 30.8 Å². The maximum absolute atomic E-state index is 5.99. The van der Waals surface area contributed by atoms with Crippen molar-refractivity contribution in [2.24, 2.45) is 5.84 Å². The van der Waals surface area contributed by atoms with Crippen LogP contribution < -0.4 is 16.0 Å². The van der Waals surface area contributed by atoms with Gasteiger partial charge >= 0.3 is 0 Å². The van der Waals surface area contributed by atoms with Gasteiger partial charge in [-0.15, -0.1) is 0 Å². The van der Waals surface area contributed by atoms with E-state index in [4.69, 9.17) is 10.6 Å². The Kier molecular flexibility index (Phi) is 5.76. The standard InChI is InChI=1S/C15H27N5O/c1-4-7-13-17-14(19-16)11(2)15(18-13)21-10-12-8-5-6-9-20(12)3/h12H,4-10,16H2,1-3H3,(H,17,18,19). The highest BCUT2D eigenvalue weighted by molar-refractivity contribution is 5.47. The van der Waals surface area contributed by atoms with Gasteiger partial charge in [-0.05, 0) is 39.8 Å². The van der Waals surface area contributed by atoms with Gasteiger partial charge < -0.3 is 15.1 Å². The van der Waals surface area contributed by atoms with Crippen molar-refractivity contribution in [2.75, 3.05) is 25.6 Å². The van der Waals surface area contributed by atoms with Crippen molar-refractivity contribution < 1.29 is 4.74 Å². The number of hydrazine groups is 1. The zero-order valence-corrected chi connectivity index (χ0v) is 13.4. The molecule has 1 aliphatic rings. The molecule has 6 heteroatoms. The molecule has 118 valence electrons. The molecule has 3 N–H and O–H groups in total. The number of anilines is 1. The van der Waals surface area contributed by atoms with Gasteiger partial charge in [-0.2, -0.15) is 4.98 Å². The smallest absolute Gasteiger partial charge is 0.221 e. The highest BCUT2D eigenvalue weighted by atomic mass is 16.5. The summed E-state index contributed by atoms with van der Waals surface area (Å²) in [5.41, 5.74) is 3.51. The minimum absolute atomic E-state index is 0.469. The van der Waals surface area contributed by atoms with Gasteiger partial charge in [-0.3, -0.25) is 0 Å². The predicted octanol–water partition coefficient (Wildman–Crippen LogP) is 1.89. The fourth-order valence-corrected chi connectivity index (χ4v) is 2.69. The van der Waals surface area contributed by atoms with Crippen LogP contribution in [-0.2, 0) is 6.42 Å². The molecule has 1 fully saturated rings. The van der Waals surface area contributed by atoms with Crippen LogP contribution in [0.15, 0.2) is 0 Å². The summed E-state index contributed by atoms with van der Waals surface area (Å²) in [6.07, 6.45) is 5.57. The van der Waals surface area contributed by atoms with Gasteiger partial charge in [0.2, 0.25) is 5.88 Å². The van der Waals surface area contributed by atoms with E-state index in [1.54, 1.807) is 0 Å². The molecule has 0 saturated carbocycles. The molecule has 0 spiro atoms. The normalized spacial score (nSPS) is 19.5. The quantitative estimate of drug-likeness (QED) is 0.616. The molecule has 0 aliphatic carbocycles. The summed E-state index contributed by atoms with van der Waals surface area (Å²) in [6.45, 7) is 5.86. The van der Waals surface area contributed by atoms with Gasteiger partial charge in [0.15, 0.2) is 0 Å². The summed E-state index contributed by atoms with van der Waals surface area (Å²) in [5, 5.41) is 0. The van der Waals surface area contributed by atoms with E-state index in [0.29, 0.717) is 24.3 Å². The van der Waals surface area contributed by atoms with Crippen LogP contribution >= 0.6 is 0 Å². The van der Waals surface area contributed by atoms with Crippen LogP contribution in [0.5, 0.6) is 5.88 Å². The number of ether oxygens (including phenoxy) is 1. The Hall–Kier alpha value is -1.40.